The number of halogens is 1. The molecule has 0 atom stereocenters. The minimum Gasteiger partial charge on any atom is -0.489 e. The van der Waals surface area contributed by atoms with E-state index >= 15 is 0 Å². The Morgan fingerprint density at radius 1 is 1.25 bits per heavy atom. The number of hydrogen-bond donors (Lipinski definition) is 2. The number of fused-ring (bicyclic) bond motifs is 1. The van der Waals surface area contributed by atoms with Crippen LogP contribution in [0.1, 0.15) is 41.5 Å². The Morgan fingerprint density at radius 2 is 1.96 bits per heavy atom. The summed E-state index contributed by atoms with van der Waals surface area (Å²) in [5, 5.41) is 5.66. The summed E-state index contributed by atoms with van der Waals surface area (Å²) in [4.78, 5) is 16.0. The number of benzene rings is 1. The molecule has 0 bridgehead atoms. The van der Waals surface area contributed by atoms with Crippen LogP contribution < -0.4 is 15.4 Å². The number of carbonyl (C=O) groups excluding carboxylic acids is 1. The first-order chi connectivity index (χ1) is 12.9. The van der Waals surface area contributed by atoms with E-state index in [1.165, 1.54) is 0 Å². The van der Waals surface area contributed by atoms with E-state index in [0.717, 1.165) is 0 Å². The zero-order chi connectivity index (χ0) is 20.9. The maximum atomic E-state index is 13.1. The standard InChI is InChI=1S/C20H28FN3O4/c1-19(2,3)24-17-23-15-8-7-14(9-16(15)27-17)26-12-13(10-21)11-22-18(25)28-20(4,5)6/h7-10H,11-12H2,1-6H3,(H,22,25)(H,23,24)/b13-10+. The number of ether oxygens (including phenoxy) is 2. The number of alkyl carbamates (subject to hydrolysis) is 1. The van der Waals surface area contributed by atoms with Gasteiger partial charge in [-0.25, -0.2) is 9.18 Å². The number of nitrogens with zero attached hydrogens (tertiary/aromatic N) is 1. The molecule has 2 N–H and O–H groups in total. The zero-order valence-corrected chi connectivity index (χ0v) is 17.2. The number of hydrogen-bond acceptors (Lipinski definition) is 6. The molecule has 28 heavy (non-hydrogen) atoms. The number of rotatable bonds is 6. The first-order valence-electron chi connectivity index (χ1n) is 9.02. The third kappa shape index (κ3) is 7.09. The highest BCUT2D eigenvalue weighted by Crippen LogP contribution is 2.25. The normalized spacial score (nSPS) is 12.8. The second-order valence-corrected chi connectivity index (χ2v) is 8.44. The Morgan fingerprint density at radius 3 is 2.57 bits per heavy atom. The van der Waals surface area contributed by atoms with Crippen LogP contribution in [0.2, 0.25) is 0 Å². The zero-order valence-electron chi connectivity index (χ0n) is 17.2. The molecule has 1 amide bonds. The molecule has 154 valence electrons. The van der Waals surface area contributed by atoms with E-state index in [9.17, 15) is 9.18 Å². The predicted molar refractivity (Wildman–Crippen MR) is 106 cm³/mol. The van der Waals surface area contributed by atoms with Crippen molar-refractivity contribution in [3.63, 3.8) is 0 Å². The van der Waals surface area contributed by atoms with Crippen LogP contribution in [0.25, 0.3) is 11.1 Å². The van der Waals surface area contributed by atoms with Crippen LogP contribution in [0.3, 0.4) is 0 Å². The van der Waals surface area contributed by atoms with Gasteiger partial charge in [0.25, 0.3) is 6.01 Å². The highest BCUT2D eigenvalue weighted by atomic mass is 19.1. The fourth-order valence-corrected chi connectivity index (χ4v) is 2.17. The SMILES string of the molecule is CC(C)(C)Nc1nc2ccc(OC/C(=C/F)CNC(=O)OC(C)(C)C)cc2o1. The fourth-order valence-electron chi connectivity index (χ4n) is 2.17. The maximum absolute atomic E-state index is 13.1. The minimum absolute atomic E-state index is 0.0182. The van der Waals surface area contributed by atoms with Crippen molar-refractivity contribution in [2.24, 2.45) is 0 Å². The van der Waals surface area contributed by atoms with Crippen molar-refractivity contribution in [1.29, 1.82) is 0 Å². The van der Waals surface area contributed by atoms with E-state index in [-0.39, 0.29) is 24.3 Å². The van der Waals surface area contributed by atoms with Crippen LogP contribution in [0.15, 0.2) is 34.5 Å². The summed E-state index contributed by atoms with van der Waals surface area (Å²) in [6.45, 7) is 11.2. The molecule has 0 spiro atoms. The number of nitrogens with one attached hydrogen (secondary N) is 2. The summed E-state index contributed by atoms with van der Waals surface area (Å²) in [6.07, 6.45) is -0.204. The average molecular weight is 393 g/mol. The highest BCUT2D eigenvalue weighted by molar-refractivity contribution is 5.76. The molecule has 1 aromatic carbocycles. The summed E-state index contributed by atoms with van der Waals surface area (Å²) in [5.74, 6) is 0.502. The molecule has 1 heterocycles. The van der Waals surface area contributed by atoms with Crippen molar-refractivity contribution in [3.05, 3.63) is 30.1 Å². The first-order valence-corrected chi connectivity index (χ1v) is 9.02. The Labute approximate surface area is 164 Å². The first kappa shape index (κ1) is 21.5. The second-order valence-electron chi connectivity index (χ2n) is 8.44. The quantitative estimate of drug-likeness (QED) is 0.734. The van der Waals surface area contributed by atoms with E-state index in [2.05, 4.69) is 15.6 Å². The minimum atomic E-state index is -0.618. The van der Waals surface area contributed by atoms with Crippen LogP contribution in [0.5, 0.6) is 5.75 Å². The Bertz CT molecular complexity index is 847. The van der Waals surface area contributed by atoms with E-state index in [1.807, 2.05) is 20.8 Å². The molecule has 2 aromatic rings. The lowest BCUT2D eigenvalue weighted by Gasteiger charge is -2.20. The van der Waals surface area contributed by atoms with Gasteiger partial charge in [-0.05, 0) is 53.7 Å². The van der Waals surface area contributed by atoms with Gasteiger partial charge in [-0.1, -0.05) is 0 Å². The van der Waals surface area contributed by atoms with Crippen LogP contribution in [0, 0.1) is 0 Å². The van der Waals surface area contributed by atoms with Gasteiger partial charge in [0, 0.05) is 23.7 Å². The summed E-state index contributed by atoms with van der Waals surface area (Å²) in [6, 6.07) is 5.60. The maximum Gasteiger partial charge on any atom is 0.407 e. The second kappa shape index (κ2) is 8.50. The van der Waals surface area contributed by atoms with Crippen molar-refractivity contribution >= 4 is 23.2 Å². The lowest BCUT2D eigenvalue weighted by atomic mass is 10.1. The van der Waals surface area contributed by atoms with Gasteiger partial charge in [0.1, 0.15) is 23.5 Å². The van der Waals surface area contributed by atoms with Gasteiger partial charge in [-0.3, -0.25) is 0 Å². The molecule has 0 aliphatic carbocycles. The van der Waals surface area contributed by atoms with Gasteiger partial charge in [-0.15, -0.1) is 0 Å². The molecule has 0 aliphatic heterocycles. The molecule has 1 aromatic heterocycles. The number of anilines is 1. The van der Waals surface area contributed by atoms with Gasteiger partial charge in [0.2, 0.25) is 0 Å². The van der Waals surface area contributed by atoms with Crippen LogP contribution >= 0.6 is 0 Å². The van der Waals surface area contributed by atoms with Crippen molar-refractivity contribution in [3.8, 4) is 5.75 Å². The average Bonchev–Trinajstić information content (AvgIpc) is 2.92. The van der Waals surface area contributed by atoms with Crippen molar-refractivity contribution < 1.29 is 23.1 Å². The predicted octanol–water partition coefficient (Wildman–Crippen LogP) is 4.80. The molecule has 2 rings (SSSR count). The third-order valence-electron chi connectivity index (χ3n) is 3.28. The summed E-state index contributed by atoms with van der Waals surface area (Å²) in [5.41, 5.74) is 0.711. The molecule has 0 saturated carbocycles. The number of amides is 1. The lowest BCUT2D eigenvalue weighted by molar-refractivity contribution is 0.0531. The Balaban J connectivity index is 1.93. The van der Waals surface area contributed by atoms with E-state index < -0.39 is 11.7 Å². The van der Waals surface area contributed by atoms with Crippen LogP contribution in [-0.2, 0) is 4.74 Å². The van der Waals surface area contributed by atoms with Crippen molar-refractivity contribution in [1.82, 2.24) is 10.3 Å². The Hall–Kier alpha value is -2.77. The smallest absolute Gasteiger partial charge is 0.407 e. The monoisotopic (exact) mass is 393 g/mol. The summed E-state index contributed by atoms with van der Waals surface area (Å²) >= 11 is 0. The van der Waals surface area contributed by atoms with Gasteiger partial charge in [-0.2, -0.15) is 4.98 Å². The topological polar surface area (TPSA) is 85.6 Å². The number of aromatic nitrogens is 1. The third-order valence-corrected chi connectivity index (χ3v) is 3.28. The molecular weight excluding hydrogens is 365 g/mol. The molecule has 0 unspecified atom stereocenters. The van der Waals surface area contributed by atoms with Gasteiger partial charge in [0.05, 0.1) is 6.33 Å². The van der Waals surface area contributed by atoms with Gasteiger partial charge in [0.15, 0.2) is 5.58 Å². The van der Waals surface area contributed by atoms with Crippen LogP contribution in [-0.4, -0.2) is 35.4 Å². The van der Waals surface area contributed by atoms with Crippen molar-refractivity contribution in [2.75, 3.05) is 18.5 Å². The van der Waals surface area contributed by atoms with Crippen LogP contribution in [0.4, 0.5) is 15.2 Å². The van der Waals surface area contributed by atoms with E-state index in [4.69, 9.17) is 13.9 Å². The molecule has 0 aliphatic rings. The molecular formula is C20H28FN3O4. The largest absolute Gasteiger partial charge is 0.489 e. The molecule has 0 fully saturated rings. The molecule has 8 heteroatoms. The summed E-state index contributed by atoms with van der Waals surface area (Å²) in [7, 11) is 0. The van der Waals surface area contributed by atoms with E-state index in [1.54, 1.807) is 39.0 Å². The Kier molecular flexibility index (Phi) is 6.53. The lowest BCUT2D eigenvalue weighted by Crippen LogP contribution is -2.34. The van der Waals surface area contributed by atoms with E-state index in [0.29, 0.717) is 29.2 Å². The van der Waals surface area contributed by atoms with Gasteiger partial charge < -0.3 is 24.5 Å². The highest BCUT2D eigenvalue weighted by Gasteiger charge is 2.17. The van der Waals surface area contributed by atoms with Crippen molar-refractivity contribution in [2.45, 2.75) is 52.7 Å². The number of carbonyl (C=O) groups is 1. The fraction of sp³-hybridized carbons (Fsp3) is 0.500. The number of oxazole rings is 1. The summed E-state index contributed by atoms with van der Waals surface area (Å²) < 4.78 is 29.5. The van der Waals surface area contributed by atoms with Gasteiger partial charge >= 0.3 is 6.09 Å². The molecule has 0 saturated heterocycles. The molecule has 7 nitrogen and oxygen atoms in total. The molecule has 0 radical (unpaired) electrons.